The highest BCUT2D eigenvalue weighted by Gasteiger charge is 2.08. The van der Waals surface area contributed by atoms with Gasteiger partial charge in [-0.15, -0.1) is 0 Å². The number of fused-ring (bicyclic) bond motifs is 3. The van der Waals surface area contributed by atoms with E-state index in [0.717, 1.165) is 22.3 Å². The van der Waals surface area contributed by atoms with Crippen LogP contribution in [0.15, 0.2) is 66.9 Å². The fourth-order valence-corrected chi connectivity index (χ4v) is 2.84. The molecule has 0 saturated heterocycles. The van der Waals surface area contributed by atoms with Gasteiger partial charge in [0.05, 0.1) is 16.7 Å². The summed E-state index contributed by atoms with van der Waals surface area (Å²) < 4.78 is 0. The molecule has 2 aromatic heterocycles. The number of aromatic nitrogens is 2. The predicted molar refractivity (Wildman–Crippen MR) is 87.2 cm³/mol. The molecule has 0 radical (unpaired) electrons. The molecule has 0 aliphatic heterocycles. The third-order valence-corrected chi connectivity index (χ3v) is 3.82. The van der Waals surface area contributed by atoms with E-state index in [1.807, 2.05) is 36.5 Å². The molecule has 4 aromatic rings. The van der Waals surface area contributed by atoms with Crippen molar-refractivity contribution in [3.8, 4) is 11.3 Å². The molecule has 21 heavy (non-hydrogen) atoms. The first-order valence-corrected chi connectivity index (χ1v) is 7.03. The first-order valence-electron chi connectivity index (χ1n) is 7.03. The second-order valence-corrected chi connectivity index (χ2v) is 5.22. The van der Waals surface area contributed by atoms with E-state index in [4.69, 9.17) is 4.98 Å². The van der Waals surface area contributed by atoms with E-state index in [0.29, 0.717) is 0 Å². The topological polar surface area (TPSA) is 25.8 Å². The number of aryl methyl sites for hydroxylation is 1. The van der Waals surface area contributed by atoms with Gasteiger partial charge < -0.3 is 0 Å². The van der Waals surface area contributed by atoms with Gasteiger partial charge in [0.1, 0.15) is 0 Å². The Morgan fingerprint density at radius 2 is 1.62 bits per heavy atom. The summed E-state index contributed by atoms with van der Waals surface area (Å²) in [5.74, 6) is 0. The lowest BCUT2D eigenvalue weighted by Crippen LogP contribution is -1.90. The van der Waals surface area contributed by atoms with Gasteiger partial charge in [-0.2, -0.15) is 0 Å². The molecular weight excluding hydrogens is 256 g/mol. The predicted octanol–water partition coefficient (Wildman–Crippen LogP) is 4.76. The van der Waals surface area contributed by atoms with Gasteiger partial charge in [0.25, 0.3) is 0 Å². The average Bonchev–Trinajstić information content (AvgIpc) is 2.55. The lowest BCUT2D eigenvalue weighted by molar-refractivity contribution is 1.36. The Morgan fingerprint density at radius 1 is 0.810 bits per heavy atom. The van der Waals surface area contributed by atoms with Crippen LogP contribution in [0.2, 0.25) is 0 Å². The zero-order valence-corrected chi connectivity index (χ0v) is 11.7. The largest absolute Gasteiger partial charge is 0.256 e. The molecule has 2 heteroatoms. The Morgan fingerprint density at radius 3 is 2.48 bits per heavy atom. The van der Waals surface area contributed by atoms with Crippen molar-refractivity contribution in [3.63, 3.8) is 0 Å². The maximum atomic E-state index is 4.83. The first-order chi connectivity index (χ1) is 10.3. The van der Waals surface area contributed by atoms with Crippen LogP contribution < -0.4 is 0 Å². The van der Waals surface area contributed by atoms with Crippen molar-refractivity contribution in [2.24, 2.45) is 0 Å². The highest BCUT2D eigenvalue weighted by molar-refractivity contribution is 6.06. The van der Waals surface area contributed by atoms with Gasteiger partial charge in [0, 0.05) is 22.5 Å². The minimum Gasteiger partial charge on any atom is -0.256 e. The number of rotatable bonds is 1. The number of benzene rings is 2. The van der Waals surface area contributed by atoms with Gasteiger partial charge in [0.15, 0.2) is 0 Å². The number of hydrogen-bond acceptors (Lipinski definition) is 2. The molecule has 0 N–H and O–H groups in total. The van der Waals surface area contributed by atoms with Crippen LogP contribution in [-0.2, 0) is 0 Å². The molecular formula is C19H14N2. The van der Waals surface area contributed by atoms with Gasteiger partial charge in [-0.1, -0.05) is 36.4 Å². The van der Waals surface area contributed by atoms with Crippen molar-refractivity contribution in [3.05, 3.63) is 72.4 Å². The molecule has 0 aliphatic carbocycles. The SMILES string of the molecule is Cc1cc(-c2ccccc2)nc2ccc3ncccc3c12. The summed E-state index contributed by atoms with van der Waals surface area (Å²) in [5.41, 5.74) is 5.44. The molecule has 0 aliphatic rings. The Kier molecular flexibility index (Phi) is 2.68. The molecule has 2 aromatic carbocycles. The molecule has 2 heterocycles. The highest BCUT2D eigenvalue weighted by Crippen LogP contribution is 2.29. The van der Waals surface area contributed by atoms with Gasteiger partial charge in [-0.3, -0.25) is 4.98 Å². The molecule has 2 nitrogen and oxygen atoms in total. The van der Waals surface area contributed by atoms with Crippen molar-refractivity contribution >= 4 is 21.8 Å². The third kappa shape index (κ3) is 1.96. The minimum atomic E-state index is 1.02. The van der Waals surface area contributed by atoms with Crippen molar-refractivity contribution in [1.29, 1.82) is 0 Å². The quantitative estimate of drug-likeness (QED) is 0.466. The van der Waals surface area contributed by atoms with E-state index in [9.17, 15) is 0 Å². The summed E-state index contributed by atoms with van der Waals surface area (Å²) in [6, 6.07) is 20.6. The molecule has 0 saturated carbocycles. The van der Waals surface area contributed by atoms with Crippen molar-refractivity contribution in [1.82, 2.24) is 9.97 Å². The molecule has 0 atom stereocenters. The van der Waals surface area contributed by atoms with Crippen molar-refractivity contribution < 1.29 is 0 Å². The van der Waals surface area contributed by atoms with Crippen LogP contribution in [0, 0.1) is 6.92 Å². The van der Waals surface area contributed by atoms with Crippen LogP contribution >= 0.6 is 0 Å². The zero-order chi connectivity index (χ0) is 14.2. The maximum Gasteiger partial charge on any atom is 0.0719 e. The van der Waals surface area contributed by atoms with Crippen LogP contribution in [0.25, 0.3) is 33.1 Å². The minimum absolute atomic E-state index is 1.02. The Hall–Kier alpha value is -2.74. The lowest BCUT2D eigenvalue weighted by atomic mass is 10.0. The van der Waals surface area contributed by atoms with Crippen LogP contribution in [-0.4, -0.2) is 9.97 Å². The molecule has 100 valence electrons. The van der Waals surface area contributed by atoms with E-state index in [1.165, 1.54) is 16.3 Å². The second-order valence-electron chi connectivity index (χ2n) is 5.22. The summed E-state index contributed by atoms with van der Waals surface area (Å²) in [6.07, 6.45) is 1.83. The standard InChI is InChI=1S/C19H14N2/c1-13-12-18(14-6-3-2-4-7-14)21-17-10-9-16-15(19(13)17)8-5-11-20-16/h2-12H,1H3. The van der Waals surface area contributed by atoms with Crippen LogP contribution in [0.1, 0.15) is 5.56 Å². The zero-order valence-electron chi connectivity index (χ0n) is 11.7. The Balaban J connectivity index is 2.06. The highest BCUT2D eigenvalue weighted by atomic mass is 14.7. The van der Waals surface area contributed by atoms with Gasteiger partial charge in [-0.05, 0) is 36.8 Å². The Labute approximate surface area is 123 Å². The second kappa shape index (κ2) is 4.67. The summed E-state index contributed by atoms with van der Waals surface area (Å²) in [4.78, 5) is 9.25. The summed E-state index contributed by atoms with van der Waals surface area (Å²) in [5, 5.41) is 2.36. The van der Waals surface area contributed by atoms with Gasteiger partial charge in [0.2, 0.25) is 0 Å². The summed E-state index contributed by atoms with van der Waals surface area (Å²) >= 11 is 0. The normalized spacial score (nSPS) is 11.1. The Bertz CT molecular complexity index is 943. The van der Waals surface area contributed by atoms with Crippen LogP contribution in [0.5, 0.6) is 0 Å². The summed E-state index contributed by atoms with van der Waals surface area (Å²) in [6.45, 7) is 2.14. The smallest absolute Gasteiger partial charge is 0.0719 e. The van der Waals surface area contributed by atoms with Crippen molar-refractivity contribution in [2.45, 2.75) is 6.92 Å². The van der Waals surface area contributed by atoms with E-state index < -0.39 is 0 Å². The fraction of sp³-hybridized carbons (Fsp3) is 0.0526. The molecule has 0 fully saturated rings. The number of hydrogen-bond donors (Lipinski definition) is 0. The van der Waals surface area contributed by atoms with Crippen LogP contribution in [0.4, 0.5) is 0 Å². The number of nitrogens with zero attached hydrogens (tertiary/aromatic N) is 2. The fourth-order valence-electron chi connectivity index (χ4n) is 2.84. The van der Waals surface area contributed by atoms with Gasteiger partial charge in [-0.25, -0.2) is 4.98 Å². The molecule has 0 amide bonds. The van der Waals surface area contributed by atoms with E-state index >= 15 is 0 Å². The number of pyridine rings is 2. The third-order valence-electron chi connectivity index (χ3n) is 3.82. The van der Waals surface area contributed by atoms with Crippen LogP contribution in [0.3, 0.4) is 0 Å². The molecule has 0 unspecified atom stereocenters. The monoisotopic (exact) mass is 270 g/mol. The first kappa shape index (κ1) is 12.0. The maximum absolute atomic E-state index is 4.83. The molecule has 0 spiro atoms. The van der Waals surface area contributed by atoms with E-state index in [2.05, 4.69) is 42.2 Å². The lowest BCUT2D eigenvalue weighted by Gasteiger charge is -2.09. The summed E-state index contributed by atoms with van der Waals surface area (Å²) in [7, 11) is 0. The van der Waals surface area contributed by atoms with Gasteiger partial charge >= 0.3 is 0 Å². The average molecular weight is 270 g/mol. The van der Waals surface area contributed by atoms with Crippen molar-refractivity contribution in [2.75, 3.05) is 0 Å². The van der Waals surface area contributed by atoms with E-state index in [-0.39, 0.29) is 0 Å². The molecule has 0 bridgehead atoms. The molecule has 4 rings (SSSR count). The van der Waals surface area contributed by atoms with E-state index in [1.54, 1.807) is 0 Å².